The topological polar surface area (TPSA) is 111 Å². The molecule has 2 heterocycles. The number of ether oxygens (including phenoxy) is 1. The molecule has 0 aliphatic rings. The van der Waals surface area contributed by atoms with Crippen molar-refractivity contribution in [2.75, 3.05) is 17.1 Å². The van der Waals surface area contributed by atoms with E-state index < -0.39 is 10.0 Å². The zero-order valence-electron chi connectivity index (χ0n) is 16.9. The van der Waals surface area contributed by atoms with E-state index in [1.807, 2.05) is 0 Å². The second-order valence-corrected chi connectivity index (χ2v) is 8.35. The Morgan fingerprint density at radius 3 is 2.45 bits per heavy atom. The third-order valence-electron chi connectivity index (χ3n) is 4.51. The molecule has 4 rings (SSSR count). The first-order valence-corrected chi connectivity index (χ1v) is 10.8. The van der Waals surface area contributed by atoms with Gasteiger partial charge in [-0.2, -0.15) is 0 Å². The number of nitrogens with one attached hydrogen (secondary N) is 2. The number of hydrogen-bond acceptors (Lipinski definition) is 7. The number of aryl methyl sites for hydroxylation is 1. The Bertz CT molecular complexity index is 1290. The first-order valence-electron chi connectivity index (χ1n) is 9.29. The molecule has 0 radical (unpaired) electrons. The molecule has 0 bridgehead atoms. The van der Waals surface area contributed by atoms with E-state index in [0.29, 0.717) is 23.1 Å². The molecule has 0 saturated heterocycles. The summed E-state index contributed by atoms with van der Waals surface area (Å²) in [5.74, 6) is 1.91. The van der Waals surface area contributed by atoms with E-state index in [9.17, 15) is 8.42 Å². The number of anilines is 3. The highest BCUT2D eigenvalue weighted by atomic mass is 32.2. The first-order chi connectivity index (χ1) is 14.9. The summed E-state index contributed by atoms with van der Waals surface area (Å²) in [6.45, 7) is 1.80. The third-order valence-corrected chi connectivity index (χ3v) is 5.89. The van der Waals surface area contributed by atoms with Crippen molar-refractivity contribution < 1.29 is 13.2 Å². The van der Waals surface area contributed by atoms with Crippen LogP contribution in [0.1, 0.15) is 5.56 Å². The summed E-state index contributed by atoms with van der Waals surface area (Å²) in [4.78, 5) is 12.6. The predicted octanol–water partition coefficient (Wildman–Crippen LogP) is 3.52. The number of sulfonamides is 1. The largest absolute Gasteiger partial charge is 0.496 e. The predicted molar refractivity (Wildman–Crippen MR) is 117 cm³/mol. The van der Waals surface area contributed by atoms with Crippen molar-refractivity contribution in [1.82, 2.24) is 19.5 Å². The molecular formula is C21H20N6O3S. The molecule has 0 atom stereocenters. The molecule has 0 unspecified atom stereocenters. The maximum absolute atomic E-state index is 12.7. The molecule has 158 valence electrons. The average Bonchev–Trinajstić information content (AvgIpc) is 3.30. The molecule has 2 aromatic heterocycles. The Hall–Kier alpha value is -3.92. The first kappa shape index (κ1) is 20.4. The van der Waals surface area contributed by atoms with Gasteiger partial charge >= 0.3 is 0 Å². The van der Waals surface area contributed by atoms with Gasteiger partial charge in [0.1, 0.15) is 30.0 Å². The summed E-state index contributed by atoms with van der Waals surface area (Å²) in [6.07, 6.45) is 6.56. The second-order valence-electron chi connectivity index (χ2n) is 6.67. The smallest absolute Gasteiger partial charge is 0.261 e. The van der Waals surface area contributed by atoms with Crippen LogP contribution >= 0.6 is 0 Å². The SMILES string of the molecule is COc1ccc(S(=O)(=O)Nc2ccc(Nc3cc(-n4ccnc4)ncn3)cc2)cc1C. The molecule has 0 amide bonds. The summed E-state index contributed by atoms with van der Waals surface area (Å²) in [5, 5.41) is 3.17. The lowest BCUT2D eigenvalue weighted by Crippen LogP contribution is -2.13. The second kappa shape index (κ2) is 8.44. The van der Waals surface area contributed by atoms with E-state index in [-0.39, 0.29) is 4.90 Å². The number of imidazole rings is 1. The molecule has 0 saturated carbocycles. The Kier molecular flexibility index (Phi) is 5.54. The van der Waals surface area contributed by atoms with Crippen LogP contribution < -0.4 is 14.8 Å². The summed E-state index contributed by atoms with van der Waals surface area (Å²) < 4.78 is 34.9. The van der Waals surface area contributed by atoms with Crippen molar-refractivity contribution in [3.63, 3.8) is 0 Å². The van der Waals surface area contributed by atoms with E-state index in [1.165, 1.54) is 12.4 Å². The summed E-state index contributed by atoms with van der Waals surface area (Å²) in [7, 11) is -2.17. The molecule has 0 aliphatic carbocycles. The van der Waals surface area contributed by atoms with Crippen molar-refractivity contribution in [2.45, 2.75) is 11.8 Å². The Morgan fingerprint density at radius 1 is 1.00 bits per heavy atom. The minimum atomic E-state index is -3.72. The molecule has 0 aliphatic heterocycles. The summed E-state index contributed by atoms with van der Waals surface area (Å²) in [5.41, 5.74) is 1.93. The lowest BCUT2D eigenvalue weighted by Gasteiger charge is -2.12. The number of rotatable bonds is 7. The van der Waals surface area contributed by atoms with Crippen molar-refractivity contribution in [2.24, 2.45) is 0 Å². The molecule has 9 nitrogen and oxygen atoms in total. The molecule has 0 fully saturated rings. The van der Waals surface area contributed by atoms with Crippen LogP contribution in [0.2, 0.25) is 0 Å². The van der Waals surface area contributed by atoms with Crippen molar-refractivity contribution in [3.05, 3.63) is 79.1 Å². The van der Waals surface area contributed by atoms with E-state index in [2.05, 4.69) is 25.0 Å². The fourth-order valence-electron chi connectivity index (χ4n) is 2.95. The quantitative estimate of drug-likeness (QED) is 0.456. The van der Waals surface area contributed by atoms with Gasteiger partial charge in [0.2, 0.25) is 0 Å². The van der Waals surface area contributed by atoms with Gasteiger partial charge in [-0.15, -0.1) is 0 Å². The fraction of sp³-hybridized carbons (Fsp3) is 0.0952. The maximum atomic E-state index is 12.7. The van der Waals surface area contributed by atoms with Gasteiger partial charge in [0, 0.05) is 29.8 Å². The molecule has 2 N–H and O–H groups in total. The zero-order chi connectivity index (χ0) is 21.8. The summed E-state index contributed by atoms with van der Waals surface area (Å²) >= 11 is 0. The number of nitrogens with zero attached hydrogens (tertiary/aromatic N) is 4. The standard InChI is InChI=1S/C21H20N6O3S/c1-15-11-18(7-8-19(15)30-2)31(28,29)26-17-5-3-16(4-6-17)25-20-12-21(24-13-23-20)27-10-9-22-14-27/h3-14,26H,1-2H3,(H,23,24,25). The van der Waals surface area contributed by atoms with Gasteiger partial charge < -0.3 is 10.1 Å². The van der Waals surface area contributed by atoms with E-state index in [1.54, 1.807) is 79.8 Å². The van der Waals surface area contributed by atoms with Crippen LogP contribution in [0.25, 0.3) is 5.82 Å². The minimum absolute atomic E-state index is 0.168. The van der Waals surface area contributed by atoms with Gasteiger partial charge in [-0.05, 0) is 55.0 Å². The van der Waals surface area contributed by atoms with Gasteiger partial charge in [-0.1, -0.05) is 0 Å². The molecule has 0 spiro atoms. The average molecular weight is 436 g/mol. The highest BCUT2D eigenvalue weighted by Crippen LogP contribution is 2.24. The van der Waals surface area contributed by atoms with E-state index in [0.717, 1.165) is 11.3 Å². The highest BCUT2D eigenvalue weighted by molar-refractivity contribution is 7.92. The van der Waals surface area contributed by atoms with Crippen LogP contribution in [0.5, 0.6) is 5.75 Å². The van der Waals surface area contributed by atoms with Gasteiger partial charge in [-0.25, -0.2) is 23.4 Å². The molecule has 2 aromatic carbocycles. The normalized spacial score (nSPS) is 11.2. The number of methoxy groups -OCH3 is 1. The number of hydrogen-bond donors (Lipinski definition) is 2. The van der Waals surface area contributed by atoms with Gasteiger partial charge in [0.25, 0.3) is 10.0 Å². The monoisotopic (exact) mass is 436 g/mol. The van der Waals surface area contributed by atoms with Crippen LogP contribution in [-0.2, 0) is 10.0 Å². The fourth-order valence-corrected chi connectivity index (χ4v) is 4.10. The van der Waals surface area contributed by atoms with Crippen LogP contribution in [0.4, 0.5) is 17.2 Å². The Morgan fingerprint density at radius 2 is 1.77 bits per heavy atom. The van der Waals surface area contributed by atoms with Crippen LogP contribution in [0, 0.1) is 6.92 Å². The van der Waals surface area contributed by atoms with Gasteiger partial charge in [0.05, 0.1) is 12.0 Å². The number of benzene rings is 2. The van der Waals surface area contributed by atoms with E-state index in [4.69, 9.17) is 4.74 Å². The minimum Gasteiger partial charge on any atom is -0.496 e. The van der Waals surface area contributed by atoms with E-state index >= 15 is 0 Å². The van der Waals surface area contributed by atoms with Crippen molar-refractivity contribution in [3.8, 4) is 11.6 Å². The molecule has 10 heteroatoms. The third kappa shape index (κ3) is 4.64. The Balaban J connectivity index is 1.47. The molecule has 31 heavy (non-hydrogen) atoms. The molecule has 4 aromatic rings. The lowest BCUT2D eigenvalue weighted by molar-refractivity contribution is 0.411. The molecular weight excluding hydrogens is 416 g/mol. The Labute approximate surface area is 179 Å². The van der Waals surface area contributed by atoms with Crippen LogP contribution in [-0.4, -0.2) is 35.0 Å². The van der Waals surface area contributed by atoms with Crippen LogP contribution in [0.3, 0.4) is 0 Å². The lowest BCUT2D eigenvalue weighted by atomic mass is 10.2. The van der Waals surface area contributed by atoms with Crippen LogP contribution in [0.15, 0.2) is 78.5 Å². The zero-order valence-corrected chi connectivity index (χ0v) is 17.7. The highest BCUT2D eigenvalue weighted by Gasteiger charge is 2.15. The van der Waals surface area contributed by atoms with Gasteiger partial charge in [-0.3, -0.25) is 9.29 Å². The van der Waals surface area contributed by atoms with Crippen molar-refractivity contribution in [1.29, 1.82) is 0 Å². The van der Waals surface area contributed by atoms with Gasteiger partial charge in [0.15, 0.2) is 0 Å². The number of aromatic nitrogens is 4. The maximum Gasteiger partial charge on any atom is 0.261 e. The van der Waals surface area contributed by atoms with Crippen molar-refractivity contribution >= 4 is 27.2 Å². The summed E-state index contributed by atoms with van der Waals surface area (Å²) in [6, 6.07) is 13.4.